The lowest BCUT2D eigenvalue weighted by molar-refractivity contribution is -0.114. The van der Waals surface area contributed by atoms with Gasteiger partial charge in [0.2, 0.25) is 9.03 Å². The Kier molecular flexibility index (Phi) is 5.18. The molecule has 100 valence electrons. The summed E-state index contributed by atoms with van der Waals surface area (Å²) in [7, 11) is 0. The van der Waals surface area contributed by atoms with Crippen LogP contribution in [0.4, 0.5) is 10.1 Å². The van der Waals surface area contributed by atoms with Gasteiger partial charge in [-0.05, 0) is 31.0 Å². The molecule has 0 radical (unpaired) electrons. The zero-order valence-electron chi connectivity index (χ0n) is 9.91. The molecule has 1 aromatic rings. The average Bonchev–Trinajstić information content (AvgIpc) is 2.18. The van der Waals surface area contributed by atoms with E-state index < -0.39 is 8.94 Å². The second-order valence-electron chi connectivity index (χ2n) is 3.71. The number of rotatable bonds is 2. The van der Waals surface area contributed by atoms with Crippen LogP contribution < -0.4 is 5.32 Å². The van der Waals surface area contributed by atoms with Crippen LogP contribution in [0.3, 0.4) is 0 Å². The molecule has 0 saturated carbocycles. The summed E-state index contributed by atoms with van der Waals surface area (Å²) in [6.07, 6.45) is 0. The minimum Gasteiger partial charge on any atom is -0.324 e. The summed E-state index contributed by atoms with van der Waals surface area (Å²) in [6, 6.07) is 1.25. The molecule has 1 amide bonds. The Morgan fingerprint density at radius 3 is 2.33 bits per heavy atom. The normalized spacial score (nSPS) is 11.5. The van der Waals surface area contributed by atoms with Crippen LogP contribution in [0.25, 0.3) is 0 Å². The van der Waals surface area contributed by atoms with Crippen LogP contribution in [-0.4, -0.2) is 9.03 Å². The van der Waals surface area contributed by atoms with Crippen molar-refractivity contribution in [2.45, 2.75) is 28.8 Å². The van der Waals surface area contributed by atoms with Gasteiger partial charge in [-0.3, -0.25) is 4.79 Å². The molecule has 2 nitrogen and oxygen atoms in total. The van der Waals surface area contributed by atoms with Gasteiger partial charge in [0.1, 0.15) is 5.82 Å². The molecule has 0 unspecified atom stereocenters. The van der Waals surface area contributed by atoms with Crippen LogP contribution in [0, 0.1) is 19.7 Å². The smallest absolute Gasteiger partial charge is 0.241 e. The molecular formula is C11H11Cl3FNOS. The summed E-state index contributed by atoms with van der Waals surface area (Å²) in [5.41, 5.74) is 1.53. The summed E-state index contributed by atoms with van der Waals surface area (Å²) in [5, 5.41) is 2.45. The SMILES string of the molecule is CC(=O)Nc1c(F)cc(SC(Cl)(Cl)Cl)c(C)c1C. The van der Waals surface area contributed by atoms with Gasteiger partial charge in [-0.2, -0.15) is 0 Å². The third-order valence-corrected chi connectivity index (χ3v) is 3.90. The van der Waals surface area contributed by atoms with Crippen molar-refractivity contribution in [3.05, 3.63) is 23.0 Å². The molecule has 0 fully saturated rings. The Hall–Kier alpha value is -0.160. The van der Waals surface area contributed by atoms with Gasteiger partial charge >= 0.3 is 0 Å². The molecule has 0 spiro atoms. The summed E-state index contributed by atoms with van der Waals surface area (Å²) in [6.45, 7) is 4.79. The van der Waals surface area contributed by atoms with Gasteiger partial charge in [0.25, 0.3) is 0 Å². The molecule has 0 aromatic heterocycles. The Bertz CT molecular complexity index is 488. The van der Waals surface area contributed by atoms with Crippen LogP contribution >= 0.6 is 46.6 Å². The van der Waals surface area contributed by atoms with E-state index in [1.807, 2.05) is 0 Å². The first kappa shape index (κ1) is 15.9. The number of thioether (sulfide) groups is 1. The summed E-state index contributed by atoms with van der Waals surface area (Å²) in [5.74, 6) is -0.886. The van der Waals surface area contributed by atoms with Crippen molar-refractivity contribution >= 4 is 58.2 Å². The molecule has 1 aromatic carbocycles. The maximum absolute atomic E-state index is 13.9. The van der Waals surface area contributed by atoms with E-state index >= 15 is 0 Å². The van der Waals surface area contributed by atoms with Gasteiger partial charge in [-0.1, -0.05) is 46.6 Å². The molecule has 7 heteroatoms. The van der Waals surface area contributed by atoms with Gasteiger partial charge in [0.15, 0.2) is 0 Å². The van der Waals surface area contributed by atoms with Crippen LogP contribution in [0.1, 0.15) is 18.1 Å². The molecule has 18 heavy (non-hydrogen) atoms. The number of nitrogens with one attached hydrogen (secondary N) is 1. The number of hydrogen-bond acceptors (Lipinski definition) is 2. The first-order chi connectivity index (χ1) is 8.11. The Balaban J connectivity index is 3.24. The molecule has 0 aliphatic rings. The van der Waals surface area contributed by atoms with Gasteiger partial charge in [-0.15, -0.1) is 0 Å². The third-order valence-electron chi connectivity index (χ3n) is 2.33. The average molecular weight is 331 g/mol. The highest BCUT2D eigenvalue weighted by Crippen LogP contribution is 2.46. The quantitative estimate of drug-likeness (QED) is 0.622. The highest BCUT2D eigenvalue weighted by atomic mass is 35.6. The van der Waals surface area contributed by atoms with Crippen LogP contribution in [0.5, 0.6) is 0 Å². The summed E-state index contributed by atoms with van der Waals surface area (Å²) >= 11 is 17.9. The lowest BCUT2D eigenvalue weighted by atomic mass is 10.1. The molecule has 1 N–H and O–H groups in total. The number of anilines is 1. The predicted molar refractivity (Wildman–Crippen MR) is 76.3 cm³/mol. The second kappa shape index (κ2) is 5.87. The third kappa shape index (κ3) is 4.19. The number of halogens is 4. The summed E-state index contributed by atoms with van der Waals surface area (Å²) < 4.78 is 12.3. The van der Waals surface area contributed by atoms with E-state index in [-0.39, 0.29) is 11.6 Å². The van der Waals surface area contributed by atoms with Crippen molar-refractivity contribution in [3.63, 3.8) is 0 Å². The highest BCUT2D eigenvalue weighted by molar-refractivity contribution is 8.04. The number of hydrogen-bond donors (Lipinski definition) is 1. The van der Waals surface area contributed by atoms with Crippen molar-refractivity contribution in [1.82, 2.24) is 0 Å². The monoisotopic (exact) mass is 329 g/mol. The van der Waals surface area contributed by atoms with E-state index in [9.17, 15) is 9.18 Å². The zero-order chi connectivity index (χ0) is 14.1. The van der Waals surface area contributed by atoms with E-state index in [1.165, 1.54) is 13.0 Å². The van der Waals surface area contributed by atoms with Crippen LogP contribution in [0.2, 0.25) is 0 Å². The van der Waals surface area contributed by atoms with Gasteiger partial charge in [0.05, 0.1) is 5.69 Å². The second-order valence-corrected chi connectivity index (χ2v) is 7.92. The maximum atomic E-state index is 13.9. The zero-order valence-corrected chi connectivity index (χ0v) is 13.0. The van der Waals surface area contributed by atoms with Crippen molar-refractivity contribution < 1.29 is 9.18 Å². The summed E-state index contributed by atoms with van der Waals surface area (Å²) in [4.78, 5) is 11.5. The highest BCUT2D eigenvalue weighted by Gasteiger charge is 2.24. The van der Waals surface area contributed by atoms with Gasteiger partial charge < -0.3 is 5.32 Å². The number of amides is 1. The van der Waals surface area contributed by atoms with Crippen molar-refractivity contribution in [2.24, 2.45) is 0 Å². The number of alkyl halides is 3. The topological polar surface area (TPSA) is 29.1 Å². The predicted octanol–water partition coefficient (Wildman–Crippen LogP) is 4.82. The number of benzene rings is 1. The number of carbonyl (C=O) groups is 1. The first-order valence-electron chi connectivity index (χ1n) is 4.95. The van der Waals surface area contributed by atoms with Crippen LogP contribution in [0.15, 0.2) is 11.0 Å². The minimum absolute atomic E-state index is 0.161. The van der Waals surface area contributed by atoms with Crippen molar-refractivity contribution in [2.75, 3.05) is 5.32 Å². The fraction of sp³-hybridized carbons (Fsp3) is 0.364. The minimum atomic E-state index is -1.56. The Morgan fingerprint density at radius 1 is 1.33 bits per heavy atom. The molecule has 0 aliphatic carbocycles. The number of carbonyl (C=O) groups excluding carboxylic acids is 1. The van der Waals surface area contributed by atoms with Crippen molar-refractivity contribution in [3.8, 4) is 0 Å². The first-order valence-corrected chi connectivity index (χ1v) is 6.90. The standard InChI is InChI=1S/C11H11Cl3FNOS/c1-5-6(2)10(16-7(3)17)8(15)4-9(5)18-11(12,13)14/h4H,1-3H3,(H,16,17). The van der Waals surface area contributed by atoms with Crippen molar-refractivity contribution in [1.29, 1.82) is 0 Å². The molecule has 0 aliphatic heterocycles. The fourth-order valence-electron chi connectivity index (χ4n) is 1.41. The van der Waals surface area contributed by atoms with E-state index in [2.05, 4.69) is 5.32 Å². The molecule has 0 heterocycles. The fourth-order valence-corrected chi connectivity index (χ4v) is 2.87. The maximum Gasteiger partial charge on any atom is 0.241 e. The lowest BCUT2D eigenvalue weighted by Gasteiger charge is -2.17. The van der Waals surface area contributed by atoms with E-state index in [0.29, 0.717) is 10.5 Å². The lowest BCUT2D eigenvalue weighted by Crippen LogP contribution is -2.10. The van der Waals surface area contributed by atoms with Gasteiger partial charge in [-0.25, -0.2) is 4.39 Å². The molecular weight excluding hydrogens is 320 g/mol. The van der Waals surface area contributed by atoms with E-state index in [0.717, 1.165) is 17.3 Å². The van der Waals surface area contributed by atoms with E-state index in [1.54, 1.807) is 13.8 Å². The molecule has 1 rings (SSSR count). The van der Waals surface area contributed by atoms with Crippen LogP contribution in [-0.2, 0) is 4.79 Å². The van der Waals surface area contributed by atoms with Gasteiger partial charge in [0, 0.05) is 11.8 Å². The largest absolute Gasteiger partial charge is 0.324 e. The molecule has 0 bridgehead atoms. The molecule has 0 atom stereocenters. The Morgan fingerprint density at radius 2 is 1.89 bits per heavy atom. The van der Waals surface area contributed by atoms with E-state index in [4.69, 9.17) is 34.8 Å². The Labute approximate surface area is 124 Å². The molecule has 0 saturated heterocycles.